The van der Waals surface area contributed by atoms with E-state index in [1.807, 2.05) is 24.3 Å². The largest absolute Gasteiger partial charge is 0.496 e. The molecule has 1 aromatic carbocycles. The first-order valence-corrected chi connectivity index (χ1v) is 4.87. The van der Waals surface area contributed by atoms with Crippen LogP contribution in [0, 0.1) is 0 Å². The van der Waals surface area contributed by atoms with Crippen LogP contribution in [0.5, 0.6) is 5.75 Å². The Balaban J connectivity index is 2.38. The highest BCUT2D eigenvalue weighted by atomic mass is 16.5. The molecule has 0 radical (unpaired) electrons. The Morgan fingerprint density at radius 1 is 1.44 bits per heavy atom. The average molecular weight is 217 g/mol. The quantitative estimate of drug-likeness (QED) is 0.736. The molecule has 0 saturated carbocycles. The van der Waals surface area contributed by atoms with Crippen molar-refractivity contribution in [2.45, 2.75) is 6.42 Å². The van der Waals surface area contributed by atoms with Crippen LogP contribution in [0.25, 0.3) is 11.5 Å². The van der Waals surface area contributed by atoms with Crippen LogP contribution in [-0.4, -0.2) is 18.4 Å². The minimum atomic E-state index is 0.238. The molecule has 4 heteroatoms. The van der Waals surface area contributed by atoms with Crippen molar-refractivity contribution in [3.8, 4) is 17.2 Å². The molecule has 16 heavy (non-hydrogen) atoms. The number of hydrogen-bond donors (Lipinski definition) is 0. The van der Waals surface area contributed by atoms with Crippen LogP contribution in [0.2, 0.25) is 0 Å². The lowest BCUT2D eigenvalue weighted by Crippen LogP contribution is -1.86. The fourth-order valence-electron chi connectivity index (χ4n) is 1.43. The van der Waals surface area contributed by atoms with E-state index in [4.69, 9.17) is 9.15 Å². The van der Waals surface area contributed by atoms with E-state index < -0.39 is 0 Å². The van der Waals surface area contributed by atoms with E-state index in [1.165, 1.54) is 0 Å². The number of rotatable bonds is 4. The third kappa shape index (κ3) is 1.95. The van der Waals surface area contributed by atoms with E-state index in [9.17, 15) is 4.79 Å². The van der Waals surface area contributed by atoms with Gasteiger partial charge in [-0.2, -0.15) is 0 Å². The molecule has 0 atom stereocenters. The minimum Gasteiger partial charge on any atom is -0.496 e. The van der Waals surface area contributed by atoms with Gasteiger partial charge in [0.05, 0.1) is 25.3 Å². The summed E-state index contributed by atoms with van der Waals surface area (Å²) in [6.45, 7) is 0. The first kappa shape index (κ1) is 10.4. The van der Waals surface area contributed by atoms with Gasteiger partial charge >= 0.3 is 0 Å². The Kier molecular flexibility index (Phi) is 3.00. The summed E-state index contributed by atoms with van der Waals surface area (Å²) in [5, 5.41) is 0. The number of aromatic nitrogens is 1. The number of ether oxygens (including phenoxy) is 1. The van der Waals surface area contributed by atoms with Crippen LogP contribution in [0.4, 0.5) is 0 Å². The van der Waals surface area contributed by atoms with Gasteiger partial charge in [0.25, 0.3) is 0 Å². The van der Waals surface area contributed by atoms with E-state index >= 15 is 0 Å². The molecule has 2 aromatic rings. The van der Waals surface area contributed by atoms with Crippen molar-refractivity contribution in [3.05, 3.63) is 36.2 Å². The van der Waals surface area contributed by atoms with E-state index in [-0.39, 0.29) is 6.42 Å². The van der Waals surface area contributed by atoms with Gasteiger partial charge in [-0.15, -0.1) is 0 Å². The second kappa shape index (κ2) is 4.61. The summed E-state index contributed by atoms with van der Waals surface area (Å²) in [7, 11) is 1.59. The summed E-state index contributed by atoms with van der Waals surface area (Å²) in [6.07, 6.45) is 2.57. The van der Waals surface area contributed by atoms with Crippen LogP contribution in [0.1, 0.15) is 5.76 Å². The van der Waals surface area contributed by atoms with E-state index in [0.29, 0.717) is 17.4 Å². The molecule has 0 aliphatic carbocycles. The van der Waals surface area contributed by atoms with Crippen LogP contribution in [0.15, 0.2) is 34.9 Å². The molecule has 0 amide bonds. The molecule has 4 nitrogen and oxygen atoms in total. The number of benzene rings is 1. The molecule has 0 aliphatic rings. The molecule has 0 N–H and O–H groups in total. The number of aldehydes is 1. The van der Waals surface area contributed by atoms with Gasteiger partial charge < -0.3 is 13.9 Å². The van der Waals surface area contributed by atoms with E-state index in [1.54, 1.807) is 13.3 Å². The lowest BCUT2D eigenvalue weighted by Gasteiger charge is -2.03. The van der Waals surface area contributed by atoms with Crippen LogP contribution < -0.4 is 4.74 Å². The lowest BCUT2D eigenvalue weighted by molar-refractivity contribution is -0.107. The van der Waals surface area contributed by atoms with Gasteiger partial charge in [-0.05, 0) is 12.1 Å². The normalized spacial score (nSPS) is 10.1. The highest BCUT2D eigenvalue weighted by molar-refractivity contribution is 5.63. The summed E-state index contributed by atoms with van der Waals surface area (Å²) >= 11 is 0. The van der Waals surface area contributed by atoms with Crippen LogP contribution in [0.3, 0.4) is 0 Å². The smallest absolute Gasteiger partial charge is 0.230 e. The zero-order valence-electron chi connectivity index (χ0n) is 8.84. The number of carbonyl (C=O) groups excluding carboxylic acids is 1. The third-order valence-corrected chi connectivity index (χ3v) is 2.18. The summed E-state index contributed by atoms with van der Waals surface area (Å²) in [5.41, 5.74) is 0.780. The Labute approximate surface area is 92.9 Å². The van der Waals surface area contributed by atoms with Crippen molar-refractivity contribution >= 4 is 6.29 Å². The van der Waals surface area contributed by atoms with Crippen LogP contribution in [-0.2, 0) is 11.2 Å². The molecule has 82 valence electrons. The Morgan fingerprint density at radius 2 is 2.25 bits per heavy atom. The second-order valence-electron chi connectivity index (χ2n) is 3.20. The van der Waals surface area contributed by atoms with Gasteiger partial charge in [-0.25, -0.2) is 4.98 Å². The molecule has 0 fully saturated rings. The zero-order valence-corrected chi connectivity index (χ0v) is 8.84. The molecule has 1 heterocycles. The van der Waals surface area contributed by atoms with Gasteiger partial charge in [0.1, 0.15) is 17.8 Å². The summed E-state index contributed by atoms with van der Waals surface area (Å²) < 4.78 is 10.6. The highest BCUT2D eigenvalue weighted by Crippen LogP contribution is 2.28. The number of nitrogens with zero attached hydrogens (tertiary/aromatic N) is 1. The topological polar surface area (TPSA) is 52.3 Å². The predicted octanol–water partition coefficient (Wildman–Crippen LogP) is 2.09. The van der Waals surface area contributed by atoms with Crippen LogP contribution >= 0.6 is 0 Å². The number of oxazole rings is 1. The van der Waals surface area contributed by atoms with Gasteiger partial charge in [0.15, 0.2) is 0 Å². The molecule has 0 spiro atoms. The monoisotopic (exact) mass is 217 g/mol. The summed E-state index contributed by atoms with van der Waals surface area (Å²) in [5.74, 6) is 1.72. The number of para-hydroxylation sites is 1. The van der Waals surface area contributed by atoms with Gasteiger partial charge in [-0.3, -0.25) is 0 Å². The molecule has 1 aromatic heterocycles. The number of carbonyl (C=O) groups is 1. The van der Waals surface area contributed by atoms with Gasteiger partial charge in [0, 0.05) is 0 Å². The Morgan fingerprint density at radius 3 is 3.00 bits per heavy atom. The SMILES string of the molecule is COc1ccccc1-c1ncc(CC=O)o1. The third-order valence-electron chi connectivity index (χ3n) is 2.18. The first-order chi connectivity index (χ1) is 7.85. The number of hydrogen-bond acceptors (Lipinski definition) is 4. The average Bonchev–Trinajstić information content (AvgIpc) is 2.78. The fourth-order valence-corrected chi connectivity index (χ4v) is 1.43. The maximum atomic E-state index is 10.3. The van der Waals surface area contributed by atoms with Crippen molar-refractivity contribution in [1.29, 1.82) is 0 Å². The zero-order chi connectivity index (χ0) is 11.4. The molecular formula is C12H11NO3. The fraction of sp³-hybridized carbons (Fsp3) is 0.167. The Bertz CT molecular complexity index is 491. The standard InChI is InChI=1S/C12H11NO3/c1-15-11-5-3-2-4-10(11)12-13-8-9(16-12)6-7-14/h2-5,7-8H,6H2,1H3. The molecular weight excluding hydrogens is 206 g/mol. The Hall–Kier alpha value is -2.10. The summed E-state index contributed by atoms with van der Waals surface area (Å²) in [4.78, 5) is 14.4. The van der Waals surface area contributed by atoms with Gasteiger partial charge in [0.2, 0.25) is 5.89 Å². The molecule has 0 saturated heterocycles. The van der Waals surface area contributed by atoms with Crippen molar-refractivity contribution in [3.63, 3.8) is 0 Å². The molecule has 2 rings (SSSR count). The lowest BCUT2D eigenvalue weighted by atomic mass is 10.2. The predicted molar refractivity (Wildman–Crippen MR) is 58.3 cm³/mol. The maximum absolute atomic E-state index is 10.3. The molecule has 0 aliphatic heterocycles. The van der Waals surface area contributed by atoms with E-state index in [0.717, 1.165) is 11.8 Å². The summed E-state index contributed by atoms with van der Waals surface area (Å²) in [6, 6.07) is 7.44. The van der Waals surface area contributed by atoms with Gasteiger partial charge in [-0.1, -0.05) is 12.1 Å². The van der Waals surface area contributed by atoms with Crippen molar-refractivity contribution in [2.24, 2.45) is 0 Å². The van der Waals surface area contributed by atoms with E-state index in [2.05, 4.69) is 4.98 Å². The van der Waals surface area contributed by atoms with Crippen molar-refractivity contribution in [2.75, 3.05) is 7.11 Å². The van der Waals surface area contributed by atoms with Crippen molar-refractivity contribution < 1.29 is 13.9 Å². The number of methoxy groups -OCH3 is 1. The van der Waals surface area contributed by atoms with Crippen molar-refractivity contribution in [1.82, 2.24) is 4.98 Å². The maximum Gasteiger partial charge on any atom is 0.230 e. The molecule has 0 bridgehead atoms. The highest BCUT2D eigenvalue weighted by Gasteiger charge is 2.10. The second-order valence-corrected chi connectivity index (χ2v) is 3.20. The molecule has 0 unspecified atom stereocenters. The minimum absolute atomic E-state index is 0.238. The first-order valence-electron chi connectivity index (χ1n) is 4.87.